The standard InChI is InChI=1S/C20H43N5/c1-6-9-10-19(7-2)16-23-20(21-8-3)22-15-18(4)17-25-13-11-24(5)12-14-25/h18-19H,6-17H2,1-5H3,(H2,21,22,23). The first-order valence-corrected chi connectivity index (χ1v) is 10.5. The van der Waals surface area contributed by atoms with Crippen LogP contribution in [0.25, 0.3) is 0 Å². The number of hydrogen-bond donors (Lipinski definition) is 2. The summed E-state index contributed by atoms with van der Waals surface area (Å²) >= 11 is 0. The molecule has 5 heteroatoms. The van der Waals surface area contributed by atoms with Crippen molar-refractivity contribution in [3.63, 3.8) is 0 Å². The van der Waals surface area contributed by atoms with Crippen LogP contribution in [0.15, 0.2) is 4.99 Å². The van der Waals surface area contributed by atoms with E-state index in [0.717, 1.165) is 38.1 Å². The second-order valence-electron chi connectivity index (χ2n) is 7.73. The number of piperazine rings is 1. The van der Waals surface area contributed by atoms with Gasteiger partial charge >= 0.3 is 0 Å². The van der Waals surface area contributed by atoms with Gasteiger partial charge in [0.15, 0.2) is 5.96 Å². The zero-order chi connectivity index (χ0) is 18.5. The summed E-state index contributed by atoms with van der Waals surface area (Å²) in [4.78, 5) is 9.83. The number of hydrogen-bond acceptors (Lipinski definition) is 3. The van der Waals surface area contributed by atoms with Gasteiger partial charge in [-0.15, -0.1) is 0 Å². The van der Waals surface area contributed by atoms with Gasteiger partial charge in [0, 0.05) is 52.4 Å². The third kappa shape index (κ3) is 10.0. The Balaban J connectivity index is 2.37. The molecule has 5 nitrogen and oxygen atoms in total. The largest absolute Gasteiger partial charge is 0.357 e. The van der Waals surface area contributed by atoms with Crippen LogP contribution < -0.4 is 10.6 Å². The molecule has 1 aliphatic heterocycles. The minimum atomic E-state index is 0.598. The van der Waals surface area contributed by atoms with Crippen molar-refractivity contribution in [2.75, 3.05) is 59.4 Å². The van der Waals surface area contributed by atoms with E-state index < -0.39 is 0 Å². The first-order valence-electron chi connectivity index (χ1n) is 10.5. The molecule has 148 valence electrons. The maximum atomic E-state index is 4.84. The smallest absolute Gasteiger partial charge is 0.191 e. The second kappa shape index (κ2) is 13.4. The molecule has 0 spiro atoms. The summed E-state index contributed by atoms with van der Waals surface area (Å²) in [6.07, 6.45) is 5.18. The van der Waals surface area contributed by atoms with Crippen LogP contribution >= 0.6 is 0 Å². The maximum Gasteiger partial charge on any atom is 0.191 e. The van der Waals surface area contributed by atoms with Gasteiger partial charge in [0.25, 0.3) is 0 Å². The normalized spacial score (nSPS) is 19.6. The molecule has 1 saturated heterocycles. The Morgan fingerprint density at radius 1 is 1.08 bits per heavy atom. The van der Waals surface area contributed by atoms with Gasteiger partial charge in [-0.05, 0) is 32.2 Å². The summed E-state index contributed by atoms with van der Waals surface area (Å²) in [6, 6.07) is 0. The summed E-state index contributed by atoms with van der Waals surface area (Å²) in [7, 11) is 2.21. The fourth-order valence-electron chi connectivity index (χ4n) is 3.30. The minimum Gasteiger partial charge on any atom is -0.357 e. The molecule has 2 N–H and O–H groups in total. The van der Waals surface area contributed by atoms with E-state index in [9.17, 15) is 0 Å². The molecule has 0 bridgehead atoms. The Kier molecular flexibility index (Phi) is 11.9. The van der Waals surface area contributed by atoms with Crippen LogP contribution in [0, 0.1) is 11.8 Å². The lowest BCUT2D eigenvalue weighted by Gasteiger charge is -2.33. The van der Waals surface area contributed by atoms with Crippen LogP contribution in [0.4, 0.5) is 0 Å². The van der Waals surface area contributed by atoms with E-state index in [1.165, 1.54) is 51.9 Å². The van der Waals surface area contributed by atoms with Gasteiger partial charge < -0.3 is 20.4 Å². The lowest BCUT2D eigenvalue weighted by Crippen LogP contribution is -2.46. The zero-order valence-electron chi connectivity index (χ0n) is 17.5. The topological polar surface area (TPSA) is 42.9 Å². The highest BCUT2D eigenvalue weighted by Gasteiger charge is 2.16. The molecule has 2 unspecified atom stereocenters. The summed E-state index contributed by atoms with van der Waals surface area (Å²) in [5.41, 5.74) is 0. The maximum absolute atomic E-state index is 4.84. The van der Waals surface area contributed by atoms with E-state index in [-0.39, 0.29) is 0 Å². The highest BCUT2D eigenvalue weighted by molar-refractivity contribution is 5.79. The number of nitrogens with zero attached hydrogens (tertiary/aromatic N) is 3. The molecule has 0 amide bonds. The number of guanidine groups is 1. The highest BCUT2D eigenvalue weighted by atomic mass is 15.2. The number of unbranched alkanes of at least 4 members (excludes halogenated alkanes) is 1. The quantitative estimate of drug-likeness (QED) is 0.443. The monoisotopic (exact) mass is 353 g/mol. The molecule has 1 heterocycles. The van der Waals surface area contributed by atoms with Crippen LogP contribution in [0.1, 0.15) is 53.4 Å². The van der Waals surface area contributed by atoms with Crippen LogP contribution in [0.2, 0.25) is 0 Å². The van der Waals surface area contributed by atoms with Gasteiger partial charge in [0.05, 0.1) is 0 Å². The Bertz CT molecular complexity index is 350. The van der Waals surface area contributed by atoms with E-state index in [2.05, 4.69) is 55.2 Å². The Morgan fingerprint density at radius 3 is 2.40 bits per heavy atom. The average molecular weight is 354 g/mol. The van der Waals surface area contributed by atoms with Crippen molar-refractivity contribution in [3.8, 4) is 0 Å². The van der Waals surface area contributed by atoms with Crippen molar-refractivity contribution in [1.29, 1.82) is 0 Å². The third-order valence-corrected chi connectivity index (χ3v) is 5.17. The van der Waals surface area contributed by atoms with Gasteiger partial charge in [0.2, 0.25) is 0 Å². The van der Waals surface area contributed by atoms with E-state index in [1.807, 2.05) is 0 Å². The van der Waals surface area contributed by atoms with Crippen molar-refractivity contribution in [1.82, 2.24) is 20.4 Å². The molecule has 0 aromatic rings. The van der Waals surface area contributed by atoms with E-state index in [4.69, 9.17) is 4.99 Å². The summed E-state index contributed by atoms with van der Waals surface area (Å²) in [5.74, 6) is 2.34. The van der Waals surface area contributed by atoms with Crippen molar-refractivity contribution in [2.45, 2.75) is 53.4 Å². The molecule has 0 aliphatic carbocycles. The number of likely N-dealkylation sites (N-methyl/N-ethyl adjacent to an activating group) is 1. The van der Waals surface area contributed by atoms with Gasteiger partial charge in [0.1, 0.15) is 0 Å². The second-order valence-corrected chi connectivity index (χ2v) is 7.73. The molecule has 1 rings (SSSR count). The molecule has 0 radical (unpaired) electrons. The van der Waals surface area contributed by atoms with Crippen molar-refractivity contribution < 1.29 is 0 Å². The van der Waals surface area contributed by atoms with E-state index in [0.29, 0.717) is 5.92 Å². The highest BCUT2D eigenvalue weighted by Crippen LogP contribution is 2.11. The molecule has 0 saturated carbocycles. The molecule has 25 heavy (non-hydrogen) atoms. The summed E-state index contributed by atoms with van der Waals surface area (Å²) < 4.78 is 0. The predicted octanol–water partition coefficient (Wildman–Crippen LogP) is 2.64. The number of aliphatic imine (C=N–C) groups is 1. The van der Waals surface area contributed by atoms with Crippen molar-refractivity contribution in [2.24, 2.45) is 16.8 Å². The van der Waals surface area contributed by atoms with Gasteiger partial charge in [-0.2, -0.15) is 0 Å². The third-order valence-electron chi connectivity index (χ3n) is 5.17. The molecular weight excluding hydrogens is 310 g/mol. The lowest BCUT2D eigenvalue weighted by atomic mass is 9.99. The molecule has 1 aliphatic rings. The van der Waals surface area contributed by atoms with Crippen LogP contribution in [-0.2, 0) is 0 Å². The van der Waals surface area contributed by atoms with E-state index >= 15 is 0 Å². The molecule has 0 aromatic heterocycles. The Hall–Kier alpha value is -0.810. The molecule has 0 aromatic carbocycles. The van der Waals surface area contributed by atoms with Gasteiger partial charge in [-0.1, -0.05) is 40.0 Å². The van der Waals surface area contributed by atoms with Crippen LogP contribution in [0.3, 0.4) is 0 Å². The van der Waals surface area contributed by atoms with Crippen LogP contribution in [0.5, 0.6) is 0 Å². The first kappa shape index (κ1) is 22.2. The summed E-state index contributed by atoms with van der Waals surface area (Å²) in [6.45, 7) is 17.8. The fraction of sp³-hybridized carbons (Fsp3) is 0.950. The zero-order valence-corrected chi connectivity index (χ0v) is 17.5. The van der Waals surface area contributed by atoms with Crippen molar-refractivity contribution in [3.05, 3.63) is 0 Å². The SMILES string of the molecule is CCCCC(CC)CNC(=NCC(C)CN1CCN(C)CC1)NCC. The lowest BCUT2D eigenvalue weighted by molar-refractivity contribution is 0.140. The van der Waals surface area contributed by atoms with Crippen molar-refractivity contribution >= 4 is 5.96 Å². The molecule has 2 atom stereocenters. The first-order chi connectivity index (χ1) is 12.1. The predicted molar refractivity (Wildman–Crippen MR) is 110 cm³/mol. The van der Waals surface area contributed by atoms with Crippen LogP contribution in [-0.4, -0.2) is 75.2 Å². The average Bonchev–Trinajstić information content (AvgIpc) is 2.61. The van der Waals surface area contributed by atoms with Gasteiger partial charge in [-0.25, -0.2) is 0 Å². The van der Waals surface area contributed by atoms with Gasteiger partial charge in [-0.3, -0.25) is 4.99 Å². The number of nitrogens with one attached hydrogen (secondary N) is 2. The molecular formula is C20H43N5. The Morgan fingerprint density at radius 2 is 1.80 bits per heavy atom. The fourth-order valence-corrected chi connectivity index (χ4v) is 3.30. The minimum absolute atomic E-state index is 0.598. The molecule has 1 fully saturated rings. The summed E-state index contributed by atoms with van der Waals surface area (Å²) in [5, 5.41) is 6.97. The Labute approximate surface area is 156 Å². The van der Waals surface area contributed by atoms with E-state index in [1.54, 1.807) is 0 Å². The number of rotatable bonds is 11.